The summed E-state index contributed by atoms with van der Waals surface area (Å²) in [5.41, 5.74) is -0.995. The van der Waals surface area contributed by atoms with E-state index in [1.54, 1.807) is 0 Å². The number of hydrogen-bond donors (Lipinski definition) is 1. The number of sulfone groups is 1. The zero-order valence-corrected chi connectivity index (χ0v) is 11.4. The van der Waals surface area contributed by atoms with E-state index in [4.69, 9.17) is 0 Å². The van der Waals surface area contributed by atoms with Crippen molar-refractivity contribution in [3.63, 3.8) is 0 Å². The second kappa shape index (κ2) is 4.13. The van der Waals surface area contributed by atoms with Gasteiger partial charge in [-0.3, -0.25) is 0 Å². The number of nitrogens with one attached hydrogen (secondary N) is 1. The summed E-state index contributed by atoms with van der Waals surface area (Å²) in [5.74, 6) is 0. The summed E-state index contributed by atoms with van der Waals surface area (Å²) in [4.78, 5) is -0.569. The predicted molar refractivity (Wildman–Crippen MR) is 68.3 cm³/mol. The molecule has 2 aliphatic rings. The van der Waals surface area contributed by atoms with E-state index < -0.39 is 31.2 Å². The Labute approximate surface area is 115 Å². The van der Waals surface area contributed by atoms with Gasteiger partial charge in [0.05, 0.1) is 16.0 Å². The summed E-state index contributed by atoms with van der Waals surface area (Å²) in [6, 6.07) is 3.47. The average Bonchev–Trinajstić information content (AvgIpc) is 2.83. The molecule has 1 N–H and O–H groups in total. The minimum absolute atomic E-state index is 0.0670. The minimum atomic E-state index is -4.67. The molecule has 1 aromatic rings. The quantitative estimate of drug-likeness (QED) is 0.800. The van der Waals surface area contributed by atoms with Crippen LogP contribution in [0.3, 0.4) is 0 Å². The molecule has 7 heteroatoms. The average molecular weight is 305 g/mol. The van der Waals surface area contributed by atoms with Crippen molar-refractivity contribution in [3.05, 3.63) is 23.8 Å². The lowest BCUT2D eigenvalue weighted by molar-refractivity contribution is -0.139. The summed E-state index contributed by atoms with van der Waals surface area (Å²) in [6.07, 6.45) is -2.34. The van der Waals surface area contributed by atoms with Crippen LogP contribution in [0.25, 0.3) is 0 Å². The van der Waals surface area contributed by atoms with Crippen molar-refractivity contribution in [1.29, 1.82) is 0 Å². The zero-order valence-electron chi connectivity index (χ0n) is 10.6. The second-order valence-corrected chi connectivity index (χ2v) is 7.71. The second-order valence-electron chi connectivity index (χ2n) is 5.43. The van der Waals surface area contributed by atoms with Gasteiger partial charge in [0.1, 0.15) is 4.90 Å². The van der Waals surface area contributed by atoms with Crippen LogP contribution in [0.1, 0.15) is 31.2 Å². The Balaban J connectivity index is 2.26. The van der Waals surface area contributed by atoms with E-state index in [1.807, 2.05) is 0 Å². The van der Waals surface area contributed by atoms with Crippen molar-refractivity contribution in [2.45, 2.75) is 41.5 Å². The molecule has 0 unspecified atom stereocenters. The SMILES string of the molecule is O=S1(=O)c2c(cccc2C(F)(F)F)NCC12CCCC2. The lowest BCUT2D eigenvalue weighted by atomic mass is 10.1. The Bertz CT molecular complexity index is 646. The van der Waals surface area contributed by atoms with Crippen LogP contribution in [0.4, 0.5) is 18.9 Å². The molecular formula is C13H14F3NO2S. The molecule has 1 saturated carbocycles. The van der Waals surface area contributed by atoms with Gasteiger partial charge in [-0.2, -0.15) is 13.2 Å². The molecule has 1 fully saturated rings. The molecule has 3 rings (SSSR count). The molecule has 0 radical (unpaired) electrons. The zero-order chi connectivity index (χ0) is 14.6. The van der Waals surface area contributed by atoms with Gasteiger partial charge in [0.15, 0.2) is 9.84 Å². The molecule has 0 bridgehead atoms. The molecule has 3 nitrogen and oxygen atoms in total. The Morgan fingerprint density at radius 2 is 1.80 bits per heavy atom. The maximum Gasteiger partial charge on any atom is 0.417 e. The van der Waals surface area contributed by atoms with Crippen molar-refractivity contribution < 1.29 is 21.6 Å². The number of fused-ring (bicyclic) bond motifs is 1. The van der Waals surface area contributed by atoms with Crippen molar-refractivity contribution in [2.75, 3.05) is 11.9 Å². The van der Waals surface area contributed by atoms with Gasteiger partial charge in [0, 0.05) is 6.54 Å². The fourth-order valence-corrected chi connectivity index (χ4v) is 5.65. The van der Waals surface area contributed by atoms with Crippen molar-refractivity contribution >= 4 is 15.5 Å². The van der Waals surface area contributed by atoms with Crippen molar-refractivity contribution in [1.82, 2.24) is 0 Å². The lowest BCUT2D eigenvalue weighted by Gasteiger charge is -2.36. The molecule has 20 heavy (non-hydrogen) atoms. The molecule has 0 amide bonds. The first-order valence-corrected chi connectivity index (χ1v) is 7.95. The van der Waals surface area contributed by atoms with E-state index in [0.29, 0.717) is 12.8 Å². The molecular weight excluding hydrogens is 291 g/mol. The van der Waals surface area contributed by atoms with Gasteiger partial charge < -0.3 is 5.32 Å². The highest BCUT2D eigenvalue weighted by molar-refractivity contribution is 7.93. The van der Waals surface area contributed by atoms with E-state index in [2.05, 4.69) is 5.32 Å². The topological polar surface area (TPSA) is 46.2 Å². The molecule has 0 aromatic heterocycles. The van der Waals surface area contributed by atoms with Crippen LogP contribution >= 0.6 is 0 Å². The number of benzene rings is 1. The highest BCUT2D eigenvalue weighted by Crippen LogP contribution is 2.49. The van der Waals surface area contributed by atoms with Crippen molar-refractivity contribution in [3.8, 4) is 0 Å². The van der Waals surface area contributed by atoms with Gasteiger partial charge in [0.25, 0.3) is 0 Å². The van der Waals surface area contributed by atoms with Gasteiger partial charge in [-0.05, 0) is 25.0 Å². The Morgan fingerprint density at radius 3 is 2.40 bits per heavy atom. The monoisotopic (exact) mass is 305 g/mol. The van der Waals surface area contributed by atoms with E-state index in [9.17, 15) is 21.6 Å². The summed E-state index contributed by atoms with van der Waals surface area (Å²) < 4.78 is 63.8. The van der Waals surface area contributed by atoms with Gasteiger partial charge in [-0.1, -0.05) is 18.9 Å². The third-order valence-corrected chi connectivity index (χ3v) is 6.95. The number of anilines is 1. The van der Waals surface area contributed by atoms with Crippen LogP contribution in [-0.2, 0) is 16.0 Å². The minimum Gasteiger partial charge on any atom is -0.382 e. The highest BCUT2D eigenvalue weighted by atomic mass is 32.2. The summed E-state index contributed by atoms with van der Waals surface area (Å²) in [7, 11) is -3.98. The number of hydrogen-bond acceptors (Lipinski definition) is 3. The number of halogens is 3. The number of rotatable bonds is 0. The van der Waals surface area contributed by atoms with Crippen LogP contribution in [-0.4, -0.2) is 19.7 Å². The van der Waals surface area contributed by atoms with Gasteiger partial charge in [-0.25, -0.2) is 8.42 Å². The Hall–Kier alpha value is -1.24. The maximum atomic E-state index is 13.1. The predicted octanol–water partition coefficient (Wildman–Crippen LogP) is 3.22. The standard InChI is InChI=1S/C13H14F3NO2S/c14-13(15,16)9-4-3-5-10-11(9)20(18,19)12(8-17-10)6-1-2-7-12/h3-5,17H,1-2,6-8H2. The maximum absolute atomic E-state index is 13.1. The van der Waals surface area contributed by atoms with E-state index in [-0.39, 0.29) is 12.2 Å². The van der Waals surface area contributed by atoms with Gasteiger partial charge >= 0.3 is 6.18 Å². The van der Waals surface area contributed by atoms with Crippen molar-refractivity contribution in [2.24, 2.45) is 0 Å². The summed E-state index contributed by atoms with van der Waals surface area (Å²) >= 11 is 0. The fourth-order valence-electron chi connectivity index (χ4n) is 3.22. The third-order valence-electron chi connectivity index (χ3n) is 4.28. The molecule has 1 heterocycles. The lowest BCUT2D eigenvalue weighted by Crippen LogP contribution is -2.46. The first kappa shape index (κ1) is 13.7. The summed E-state index contributed by atoms with van der Waals surface area (Å²) in [5, 5.41) is 2.88. The summed E-state index contributed by atoms with van der Waals surface area (Å²) in [6.45, 7) is 0.198. The largest absolute Gasteiger partial charge is 0.417 e. The first-order valence-electron chi connectivity index (χ1n) is 6.47. The fraction of sp³-hybridized carbons (Fsp3) is 0.538. The molecule has 1 aliphatic heterocycles. The van der Waals surface area contributed by atoms with Gasteiger partial charge in [0.2, 0.25) is 0 Å². The van der Waals surface area contributed by atoms with E-state index in [1.165, 1.54) is 12.1 Å². The third kappa shape index (κ3) is 1.75. The van der Waals surface area contributed by atoms with Gasteiger partial charge in [-0.15, -0.1) is 0 Å². The van der Waals surface area contributed by atoms with Crippen LogP contribution in [0.2, 0.25) is 0 Å². The van der Waals surface area contributed by atoms with Crippen LogP contribution in [0.15, 0.2) is 23.1 Å². The number of alkyl halides is 3. The molecule has 1 spiro atoms. The van der Waals surface area contributed by atoms with E-state index in [0.717, 1.165) is 18.9 Å². The van der Waals surface area contributed by atoms with Crippen LogP contribution < -0.4 is 5.32 Å². The first-order chi connectivity index (χ1) is 9.28. The Morgan fingerprint density at radius 1 is 1.15 bits per heavy atom. The van der Waals surface area contributed by atoms with Crippen LogP contribution in [0.5, 0.6) is 0 Å². The molecule has 0 atom stereocenters. The van der Waals surface area contributed by atoms with E-state index >= 15 is 0 Å². The Kier molecular flexibility index (Phi) is 2.83. The molecule has 110 valence electrons. The highest BCUT2D eigenvalue weighted by Gasteiger charge is 2.53. The van der Waals surface area contributed by atoms with Crippen LogP contribution in [0, 0.1) is 0 Å². The molecule has 1 aliphatic carbocycles. The smallest absolute Gasteiger partial charge is 0.382 e. The molecule has 1 aromatic carbocycles. The molecule has 0 saturated heterocycles. The normalized spacial score (nSPS) is 23.4.